The maximum absolute atomic E-state index is 3.65. The third-order valence-corrected chi connectivity index (χ3v) is 3.23. The van der Waals surface area contributed by atoms with E-state index in [0.29, 0.717) is 17.5 Å². The highest BCUT2D eigenvalue weighted by atomic mass is 15.2. The first kappa shape index (κ1) is 12.9. The van der Waals surface area contributed by atoms with Crippen molar-refractivity contribution < 1.29 is 0 Å². The molecule has 1 fully saturated rings. The van der Waals surface area contributed by atoms with Crippen LogP contribution in [0.4, 0.5) is 0 Å². The van der Waals surface area contributed by atoms with Crippen molar-refractivity contribution in [3.05, 3.63) is 0 Å². The van der Waals surface area contributed by atoms with Gasteiger partial charge in [0.05, 0.1) is 0 Å². The van der Waals surface area contributed by atoms with Crippen LogP contribution < -0.4 is 5.32 Å². The second-order valence-electron chi connectivity index (χ2n) is 6.10. The first-order valence-electron chi connectivity index (χ1n) is 5.90. The lowest BCUT2D eigenvalue weighted by Gasteiger charge is -2.45. The molecule has 2 unspecified atom stereocenters. The lowest BCUT2D eigenvalue weighted by atomic mass is 9.81. The molecule has 15 heavy (non-hydrogen) atoms. The average Bonchev–Trinajstić information content (AvgIpc) is 1.99. The summed E-state index contributed by atoms with van der Waals surface area (Å²) in [5.74, 6) is 0. The van der Waals surface area contributed by atoms with Crippen molar-refractivity contribution in [3.63, 3.8) is 0 Å². The second-order valence-corrected chi connectivity index (χ2v) is 6.10. The van der Waals surface area contributed by atoms with E-state index in [9.17, 15) is 0 Å². The Hall–Kier alpha value is -0.120. The average molecular weight is 213 g/mol. The molecule has 2 atom stereocenters. The molecule has 1 saturated heterocycles. The van der Waals surface area contributed by atoms with E-state index in [1.54, 1.807) is 0 Å². The molecular formula is C12H27N3. The Kier molecular flexibility index (Phi) is 4.15. The first-order chi connectivity index (χ1) is 6.82. The molecule has 90 valence electrons. The monoisotopic (exact) mass is 213 g/mol. The molecule has 1 heterocycles. The molecule has 1 aliphatic rings. The summed E-state index contributed by atoms with van der Waals surface area (Å²) in [6.07, 6.45) is 0. The summed E-state index contributed by atoms with van der Waals surface area (Å²) in [5, 5.41) is 3.65. The third kappa shape index (κ3) is 3.44. The van der Waals surface area contributed by atoms with Gasteiger partial charge in [-0.25, -0.2) is 0 Å². The SMILES string of the molecule is CN1CCNC(C(N(C)C)C(C)(C)C)C1. The summed E-state index contributed by atoms with van der Waals surface area (Å²) in [7, 11) is 6.58. The lowest BCUT2D eigenvalue weighted by Crippen LogP contribution is -2.61. The molecule has 0 aromatic heterocycles. The van der Waals surface area contributed by atoms with Gasteiger partial charge in [0, 0.05) is 31.7 Å². The van der Waals surface area contributed by atoms with E-state index in [1.165, 1.54) is 6.54 Å². The molecule has 0 aromatic rings. The van der Waals surface area contributed by atoms with Gasteiger partial charge >= 0.3 is 0 Å². The lowest BCUT2D eigenvalue weighted by molar-refractivity contribution is 0.0779. The standard InChI is InChI=1S/C12H27N3/c1-12(2,3)11(14(4)5)10-9-15(6)8-7-13-10/h10-11,13H,7-9H2,1-6H3. The van der Waals surface area contributed by atoms with Gasteiger partial charge in [-0.05, 0) is 26.6 Å². The van der Waals surface area contributed by atoms with Gasteiger partial charge in [0.15, 0.2) is 0 Å². The van der Waals surface area contributed by atoms with Crippen LogP contribution in [0.1, 0.15) is 20.8 Å². The topological polar surface area (TPSA) is 18.5 Å². The molecule has 0 amide bonds. The number of nitrogens with one attached hydrogen (secondary N) is 1. The number of nitrogens with zero attached hydrogens (tertiary/aromatic N) is 2. The molecule has 0 saturated carbocycles. The zero-order valence-corrected chi connectivity index (χ0v) is 11.2. The van der Waals surface area contributed by atoms with Crippen molar-refractivity contribution in [1.29, 1.82) is 0 Å². The highest BCUT2D eigenvalue weighted by Crippen LogP contribution is 2.26. The molecule has 0 bridgehead atoms. The van der Waals surface area contributed by atoms with Crippen LogP contribution in [-0.2, 0) is 0 Å². The summed E-state index contributed by atoms with van der Waals surface area (Å²) < 4.78 is 0. The molecule has 0 radical (unpaired) electrons. The van der Waals surface area contributed by atoms with Crippen LogP contribution in [0.15, 0.2) is 0 Å². The fraction of sp³-hybridized carbons (Fsp3) is 1.00. The summed E-state index contributed by atoms with van der Waals surface area (Å²) in [6.45, 7) is 10.4. The summed E-state index contributed by atoms with van der Waals surface area (Å²) in [5.41, 5.74) is 0.319. The van der Waals surface area contributed by atoms with E-state index >= 15 is 0 Å². The number of piperazine rings is 1. The number of rotatable bonds is 2. The fourth-order valence-electron chi connectivity index (χ4n) is 2.88. The van der Waals surface area contributed by atoms with Gasteiger partial charge in [-0.15, -0.1) is 0 Å². The van der Waals surface area contributed by atoms with Gasteiger partial charge in [-0.3, -0.25) is 0 Å². The fourth-order valence-corrected chi connectivity index (χ4v) is 2.88. The van der Waals surface area contributed by atoms with Gasteiger partial charge in [-0.1, -0.05) is 20.8 Å². The molecule has 1 aliphatic heterocycles. The van der Waals surface area contributed by atoms with E-state index in [4.69, 9.17) is 0 Å². The van der Waals surface area contributed by atoms with Crippen molar-refractivity contribution in [2.75, 3.05) is 40.8 Å². The Morgan fingerprint density at radius 3 is 2.33 bits per heavy atom. The first-order valence-corrected chi connectivity index (χ1v) is 5.90. The Labute approximate surface area is 94.8 Å². The molecule has 3 nitrogen and oxygen atoms in total. The zero-order valence-electron chi connectivity index (χ0n) is 11.2. The Morgan fingerprint density at radius 2 is 1.93 bits per heavy atom. The number of hydrogen-bond acceptors (Lipinski definition) is 3. The predicted molar refractivity (Wildman–Crippen MR) is 66.2 cm³/mol. The van der Waals surface area contributed by atoms with Gasteiger partial charge in [-0.2, -0.15) is 0 Å². The minimum Gasteiger partial charge on any atom is -0.310 e. The molecule has 0 aromatic carbocycles. The highest BCUT2D eigenvalue weighted by Gasteiger charge is 2.35. The Balaban J connectivity index is 2.71. The van der Waals surface area contributed by atoms with Crippen molar-refractivity contribution in [2.24, 2.45) is 5.41 Å². The molecule has 0 aliphatic carbocycles. The van der Waals surface area contributed by atoms with Crippen molar-refractivity contribution >= 4 is 0 Å². The van der Waals surface area contributed by atoms with Gasteiger partial charge in [0.2, 0.25) is 0 Å². The van der Waals surface area contributed by atoms with Crippen molar-refractivity contribution in [3.8, 4) is 0 Å². The van der Waals surface area contributed by atoms with Crippen LogP contribution in [0.3, 0.4) is 0 Å². The van der Waals surface area contributed by atoms with Gasteiger partial charge in [0.1, 0.15) is 0 Å². The highest BCUT2D eigenvalue weighted by molar-refractivity contribution is 4.94. The quantitative estimate of drug-likeness (QED) is 0.734. The van der Waals surface area contributed by atoms with E-state index in [1.807, 2.05) is 0 Å². The molecule has 1 N–H and O–H groups in total. The van der Waals surface area contributed by atoms with Gasteiger partial charge < -0.3 is 15.1 Å². The summed E-state index contributed by atoms with van der Waals surface area (Å²) in [6, 6.07) is 1.17. The van der Waals surface area contributed by atoms with Crippen molar-refractivity contribution in [2.45, 2.75) is 32.9 Å². The maximum Gasteiger partial charge on any atom is 0.0356 e. The Morgan fingerprint density at radius 1 is 1.33 bits per heavy atom. The smallest absolute Gasteiger partial charge is 0.0356 e. The molecule has 3 heteroatoms. The molecule has 1 rings (SSSR count). The van der Waals surface area contributed by atoms with E-state index < -0.39 is 0 Å². The van der Waals surface area contributed by atoms with Crippen LogP contribution in [0.5, 0.6) is 0 Å². The van der Waals surface area contributed by atoms with E-state index in [0.717, 1.165) is 13.1 Å². The molecular weight excluding hydrogens is 186 g/mol. The minimum absolute atomic E-state index is 0.319. The van der Waals surface area contributed by atoms with Crippen LogP contribution in [-0.4, -0.2) is 62.7 Å². The summed E-state index contributed by atoms with van der Waals surface area (Å²) >= 11 is 0. The third-order valence-electron chi connectivity index (χ3n) is 3.23. The van der Waals surface area contributed by atoms with Crippen LogP contribution >= 0.6 is 0 Å². The largest absolute Gasteiger partial charge is 0.310 e. The maximum atomic E-state index is 3.65. The Bertz CT molecular complexity index is 196. The zero-order chi connectivity index (χ0) is 11.6. The second kappa shape index (κ2) is 4.81. The molecule has 0 spiro atoms. The normalized spacial score (nSPS) is 27.0. The predicted octanol–water partition coefficient (Wildman–Crippen LogP) is 0.866. The number of likely N-dealkylation sites (N-methyl/N-ethyl adjacent to an activating group) is 2. The number of hydrogen-bond donors (Lipinski definition) is 1. The van der Waals surface area contributed by atoms with E-state index in [-0.39, 0.29) is 0 Å². The van der Waals surface area contributed by atoms with E-state index in [2.05, 4.69) is 57.0 Å². The summed E-state index contributed by atoms with van der Waals surface area (Å²) in [4.78, 5) is 4.78. The van der Waals surface area contributed by atoms with Crippen LogP contribution in [0.2, 0.25) is 0 Å². The van der Waals surface area contributed by atoms with Crippen LogP contribution in [0, 0.1) is 5.41 Å². The van der Waals surface area contributed by atoms with Gasteiger partial charge in [0.25, 0.3) is 0 Å². The van der Waals surface area contributed by atoms with Crippen molar-refractivity contribution in [1.82, 2.24) is 15.1 Å². The van der Waals surface area contributed by atoms with Crippen LogP contribution in [0.25, 0.3) is 0 Å². The minimum atomic E-state index is 0.319.